The summed E-state index contributed by atoms with van der Waals surface area (Å²) in [7, 11) is 0. The highest BCUT2D eigenvalue weighted by Gasteiger charge is 2.48. The van der Waals surface area contributed by atoms with Crippen LogP contribution in [0.2, 0.25) is 0 Å². The Morgan fingerprint density at radius 1 is 1.30 bits per heavy atom. The summed E-state index contributed by atoms with van der Waals surface area (Å²) >= 11 is 0. The molecule has 2 saturated heterocycles. The van der Waals surface area contributed by atoms with E-state index in [-0.39, 0.29) is 22.9 Å². The summed E-state index contributed by atoms with van der Waals surface area (Å²) in [4.78, 5) is 31.4. The molecule has 2 aliphatic heterocycles. The predicted octanol–water partition coefficient (Wildman–Crippen LogP) is 0.0321. The van der Waals surface area contributed by atoms with Crippen LogP contribution in [0.5, 0.6) is 0 Å². The minimum atomic E-state index is -0.239. The Bertz CT molecular complexity index is 662. The summed E-state index contributed by atoms with van der Waals surface area (Å²) in [5, 5.41) is 6.31. The molecule has 7 heteroatoms. The normalized spacial score (nSPS) is 26.4. The standard InChI is InChI=1S/C16H22N4O3/c21-12-7-11(19-14(20-12)10-1-2-10)8-17-13-15(22)18-9-16(13)3-5-23-6-4-16/h7,10,13,17H,1-6,8-9H2,(H,18,22)(H,19,20,21). The van der Waals surface area contributed by atoms with E-state index in [0.29, 0.717) is 37.9 Å². The van der Waals surface area contributed by atoms with Crippen LogP contribution in [0.15, 0.2) is 10.9 Å². The number of aromatic amines is 1. The van der Waals surface area contributed by atoms with Crippen molar-refractivity contribution in [1.29, 1.82) is 0 Å². The maximum absolute atomic E-state index is 12.2. The van der Waals surface area contributed by atoms with E-state index < -0.39 is 0 Å². The number of aromatic nitrogens is 2. The fourth-order valence-electron chi connectivity index (χ4n) is 3.67. The Balaban J connectivity index is 1.49. The fraction of sp³-hybridized carbons (Fsp3) is 0.688. The van der Waals surface area contributed by atoms with Crippen LogP contribution >= 0.6 is 0 Å². The number of nitrogens with one attached hydrogen (secondary N) is 3. The SMILES string of the molecule is O=C1NCC2(CCOCC2)C1NCc1cc(=O)[nH]c(C2CC2)n1. The molecule has 3 aliphatic rings. The van der Waals surface area contributed by atoms with Crippen molar-refractivity contribution in [2.45, 2.75) is 44.2 Å². The number of ether oxygens (including phenoxy) is 1. The second kappa shape index (κ2) is 5.72. The van der Waals surface area contributed by atoms with Crippen LogP contribution in [0, 0.1) is 5.41 Å². The van der Waals surface area contributed by atoms with E-state index in [1.54, 1.807) is 0 Å². The first-order valence-corrected chi connectivity index (χ1v) is 8.35. The molecule has 124 valence electrons. The van der Waals surface area contributed by atoms with Crippen LogP contribution in [-0.4, -0.2) is 41.7 Å². The monoisotopic (exact) mass is 318 g/mol. The lowest BCUT2D eigenvalue weighted by Crippen LogP contribution is -2.49. The Morgan fingerprint density at radius 2 is 2.09 bits per heavy atom. The summed E-state index contributed by atoms with van der Waals surface area (Å²) in [6.45, 7) is 2.53. The molecule has 7 nitrogen and oxygen atoms in total. The van der Waals surface area contributed by atoms with Crippen molar-refractivity contribution in [3.8, 4) is 0 Å². The van der Waals surface area contributed by atoms with Gasteiger partial charge in [-0.2, -0.15) is 0 Å². The van der Waals surface area contributed by atoms with Gasteiger partial charge in [-0.1, -0.05) is 0 Å². The van der Waals surface area contributed by atoms with Gasteiger partial charge < -0.3 is 15.0 Å². The average Bonchev–Trinajstić information content (AvgIpc) is 3.34. The third-order valence-corrected chi connectivity index (χ3v) is 5.24. The second-order valence-corrected chi connectivity index (χ2v) is 6.90. The van der Waals surface area contributed by atoms with E-state index in [1.165, 1.54) is 6.07 Å². The fourth-order valence-corrected chi connectivity index (χ4v) is 3.67. The molecule has 1 aliphatic carbocycles. The Morgan fingerprint density at radius 3 is 2.83 bits per heavy atom. The largest absolute Gasteiger partial charge is 0.381 e. The van der Waals surface area contributed by atoms with Crippen LogP contribution in [0.4, 0.5) is 0 Å². The van der Waals surface area contributed by atoms with Crippen molar-refractivity contribution >= 4 is 5.91 Å². The highest BCUT2D eigenvalue weighted by molar-refractivity contribution is 5.85. The van der Waals surface area contributed by atoms with Gasteiger partial charge >= 0.3 is 0 Å². The molecule has 4 rings (SSSR count). The molecule has 1 unspecified atom stereocenters. The predicted molar refractivity (Wildman–Crippen MR) is 83.0 cm³/mol. The number of H-pyrrole nitrogens is 1. The molecule has 3 N–H and O–H groups in total. The summed E-state index contributed by atoms with van der Waals surface area (Å²) in [6, 6.07) is 1.28. The van der Waals surface area contributed by atoms with Gasteiger partial charge in [-0.15, -0.1) is 0 Å². The lowest BCUT2D eigenvalue weighted by atomic mass is 9.76. The van der Waals surface area contributed by atoms with Crippen LogP contribution in [0.25, 0.3) is 0 Å². The van der Waals surface area contributed by atoms with Crippen molar-refractivity contribution in [3.63, 3.8) is 0 Å². The van der Waals surface area contributed by atoms with Gasteiger partial charge in [0.1, 0.15) is 5.82 Å². The summed E-state index contributed by atoms with van der Waals surface area (Å²) in [6.07, 6.45) is 3.93. The number of carbonyl (C=O) groups is 1. The molecule has 1 saturated carbocycles. The third-order valence-electron chi connectivity index (χ3n) is 5.24. The molecule has 1 amide bonds. The molecule has 0 aromatic carbocycles. The number of hydrogen-bond acceptors (Lipinski definition) is 5. The number of nitrogens with zero attached hydrogens (tertiary/aromatic N) is 1. The van der Waals surface area contributed by atoms with Crippen molar-refractivity contribution in [2.24, 2.45) is 5.41 Å². The molecule has 0 radical (unpaired) electrons. The summed E-state index contributed by atoms with van der Waals surface area (Å²) in [5.74, 6) is 1.23. The second-order valence-electron chi connectivity index (χ2n) is 6.90. The zero-order valence-corrected chi connectivity index (χ0v) is 13.1. The molecule has 23 heavy (non-hydrogen) atoms. The maximum Gasteiger partial charge on any atom is 0.251 e. The van der Waals surface area contributed by atoms with Crippen LogP contribution in [-0.2, 0) is 16.1 Å². The van der Waals surface area contributed by atoms with E-state index in [0.717, 1.165) is 31.5 Å². The number of rotatable bonds is 4. The minimum Gasteiger partial charge on any atom is -0.381 e. The smallest absolute Gasteiger partial charge is 0.251 e. The quantitative estimate of drug-likeness (QED) is 0.728. The average molecular weight is 318 g/mol. The minimum absolute atomic E-state index is 0.0409. The molecule has 0 bridgehead atoms. The molecule has 1 aromatic rings. The molecular formula is C16H22N4O3. The Hall–Kier alpha value is -1.73. The van der Waals surface area contributed by atoms with Crippen molar-refractivity contribution < 1.29 is 9.53 Å². The zero-order valence-electron chi connectivity index (χ0n) is 13.1. The van der Waals surface area contributed by atoms with Gasteiger partial charge in [0, 0.05) is 43.7 Å². The summed E-state index contributed by atoms with van der Waals surface area (Å²) < 4.78 is 5.44. The summed E-state index contributed by atoms with van der Waals surface area (Å²) in [5.41, 5.74) is 0.517. The van der Waals surface area contributed by atoms with Crippen molar-refractivity contribution in [2.75, 3.05) is 19.8 Å². The molecule has 1 aromatic heterocycles. The lowest BCUT2D eigenvalue weighted by Gasteiger charge is -2.36. The molecule has 1 spiro atoms. The van der Waals surface area contributed by atoms with E-state index in [2.05, 4.69) is 20.6 Å². The Kier molecular flexibility index (Phi) is 3.69. The van der Waals surface area contributed by atoms with Gasteiger partial charge in [-0.25, -0.2) is 4.98 Å². The highest BCUT2D eigenvalue weighted by Crippen LogP contribution is 2.38. The van der Waals surface area contributed by atoms with E-state index >= 15 is 0 Å². The van der Waals surface area contributed by atoms with Gasteiger partial charge in [0.25, 0.3) is 5.56 Å². The first kappa shape index (κ1) is 14.8. The van der Waals surface area contributed by atoms with E-state index in [1.807, 2.05) is 0 Å². The van der Waals surface area contributed by atoms with E-state index in [9.17, 15) is 9.59 Å². The van der Waals surface area contributed by atoms with Crippen molar-refractivity contribution in [3.05, 3.63) is 27.9 Å². The molecular weight excluding hydrogens is 296 g/mol. The topological polar surface area (TPSA) is 96.1 Å². The number of carbonyl (C=O) groups excluding carboxylic acids is 1. The van der Waals surface area contributed by atoms with Gasteiger partial charge in [0.15, 0.2) is 0 Å². The first-order valence-electron chi connectivity index (χ1n) is 8.35. The van der Waals surface area contributed by atoms with Crippen LogP contribution in [0.3, 0.4) is 0 Å². The van der Waals surface area contributed by atoms with Gasteiger partial charge in [-0.3, -0.25) is 14.9 Å². The molecule has 3 heterocycles. The first-order chi connectivity index (χ1) is 11.2. The lowest BCUT2D eigenvalue weighted by molar-refractivity contribution is -0.122. The van der Waals surface area contributed by atoms with Crippen molar-refractivity contribution in [1.82, 2.24) is 20.6 Å². The molecule has 3 fully saturated rings. The van der Waals surface area contributed by atoms with Crippen LogP contribution in [0.1, 0.15) is 43.1 Å². The Labute approximate surface area is 134 Å². The van der Waals surface area contributed by atoms with Gasteiger partial charge in [-0.05, 0) is 25.7 Å². The molecule has 1 atom stereocenters. The number of hydrogen-bond donors (Lipinski definition) is 3. The maximum atomic E-state index is 12.2. The van der Waals surface area contributed by atoms with E-state index in [4.69, 9.17) is 4.74 Å². The highest BCUT2D eigenvalue weighted by atomic mass is 16.5. The van der Waals surface area contributed by atoms with Crippen LogP contribution < -0.4 is 16.2 Å². The number of amides is 1. The zero-order chi connectivity index (χ0) is 15.9. The van der Waals surface area contributed by atoms with Gasteiger partial charge in [0.2, 0.25) is 5.91 Å². The van der Waals surface area contributed by atoms with Gasteiger partial charge in [0.05, 0.1) is 11.7 Å². The third kappa shape index (κ3) is 2.90.